The molecule has 0 bridgehead atoms. The summed E-state index contributed by atoms with van der Waals surface area (Å²) in [6.45, 7) is 1.29. The lowest BCUT2D eigenvalue weighted by molar-refractivity contribution is -0.130. The molecule has 1 atom stereocenters. The number of fused-ring (bicyclic) bond motifs is 1. The molecule has 2 heterocycles. The average molecular weight is 487 g/mol. The van der Waals surface area contributed by atoms with E-state index in [1.54, 1.807) is 6.92 Å². The highest BCUT2D eigenvalue weighted by molar-refractivity contribution is 7.89. The monoisotopic (exact) mass is 486 g/mol. The maximum Gasteiger partial charge on any atom is 0.338 e. The van der Waals surface area contributed by atoms with Gasteiger partial charge in [0.05, 0.1) is 16.1 Å². The van der Waals surface area contributed by atoms with Crippen molar-refractivity contribution >= 4 is 45.1 Å². The summed E-state index contributed by atoms with van der Waals surface area (Å²) in [5.74, 6) is -1.73. The number of amides is 3. The summed E-state index contributed by atoms with van der Waals surface area (Å²) >= 11 is 0. The molecule has 2 aromatic carbocycles. The molecule has 34 heavy (non-hydrogen) atoms. The number of nitrogens with zero attached hydrogens (tertiary/aromatic N) is 2. The molecule has 1 saturated heterocycles. The second-order valence-electron chi connectivity index (χ2n) is 8.04. The van der Waals surface area contributed by atoms with Gasteiger partial charge in [0.1, 0.15) is 0 Å². The Hall–Kier alpha value is -3.77. The van der Waals surface area contributed by atoms with Crippen LogP contribution >= 0.6 is 0 Å². The van der Waals surface area contributed by atoms with Gasteiger partial charge in [-0.15, -0.1) is 0 Å². The summed E-state index contributed by atoms with van der Waals surface area (Å²) in [4.78, 5) is 50.2. The van der Waals surface area contributed by atoms with Gasteiger partial charge in [0, 0.05) is 24.6 Å². The Morgan fingerprint density at radius 3 is 2.50 bits per heavy atom. The molecule has 1 fully saturated rings. The molecule has 3 amide bonds. The zero-order valence-electron chi connectivity index (χ0n) is 18.2. The summed E-state index contributed by atoms with van der Waals surface area (Å²) in [5, 5.41) is 6.30. The van der Waals surface area contributed by atoms with Crippen molar-refractivity contribution in [3.8, 4) is 0 Å². The molecule has 2 aliphatic heterocycles. The Morgan fingerprint density at radius 2 is 1.82 bits per heavy atom. The first-order valence-corrected chi connectivity index (χ1v) is 12.0. The first-order valence-electron chi connectivity index (χ1n) is 10.4. The van der Waals surface area contributed by atoms with E-state index in [0.717, 1.165) is 5.01 Å². The van der Waals surface area contributed by atoms with E-state index >= 15 is 0 Å². The van der Waals surface area contributed by atoms with Crippen LogP contribution in [-0.2, 0) is 35.6 Å². The van der Waals surface area contributed by atoms with E-state index in [1.807, 2.05) is 0 Å². The molecule has 2 aliphatic rings. The topological polar surface area (TPSA) is 156 Å². The lowest BCUT2D eigenvalue weighted by atomic mass is 10.1. The number of hydrogen-bond acceptors (Lipinski definition) is 7. The molecule has 1 unspecified atom stereocenters. The Labute approximate surface area is 195 Å². The highest BCUT2D eigenvalue weighted by Crippen LogP contribution is 2.33. The van der Waals surface area contributed by atoms with Gasteiger partial charge >= 0.3 is 5.97 Å². The quantitative estimate of drug-likeness (QED) is 0.587. The maximum atomic E-state index is 12.8. The van der Waals surface area contributed by atoms with Crippen LogP contribution in [0.15, 0.2) is 47.4 Å². The SMILES string of the molecule is CC1Cc2cc(S(N)(=O)=O)ccc2N1C(=O)COC(=O)c1ccc(N2NC(=O)CCC2=O)cc1. The van der Waals surface area contributed by atoms with E-state index in [-0.39, 0.29) is 41.2 Å². The minimum absolute atomic E-state index is 0.0338. The number of primary sulfonamides is 1. The number of anilines is 2. The number of nitrogens with one attached hydrogen (secondary N) is 1. The number of benzene rings is 2. The highest BCUT2D eigenvalue weighted by Gasteiger charge is 2.32. The summed E-state index contributed by atoms with van der Waals surface area (Å²) in [5.41, 5.74) is 4.23. The number of ether oxygens (including phenoxy) is 1. The van der Waals surface area contributed by atoms with Gasteiger partial charge in [-0.3, -0.25) is 19.8 Å². The van der Waals surface area contributed by atoms with E-state index in [2.05, 4.69) is 5.43 Å². The van der Waals surface area contributed by atoms with Crippen molar-refractivity contribution in [1.29, 1.82) is 0 Å². The van der Waals surface area contributed by atoms with E-state index < -0.39 is 28.5 Å². The van der Waals surface area contributed by atoms with Crippen molar-refractivity contribution in [3.63, 3.8) is 0 Å². The van der Waals surface area contributed by atoms with Crippen LogP contribution in [0.25, 0.3) is 0 Å². The smallest absolute Gasteiger partial charge is 0.338 e. The Morgan fingerprint density at radius 1 is 1.12 bits per heavy atom. The number of hydrogen-bond donors (Lipinski definition) is 2. The summed E-state index contributed by atoms with van der Waals surface area (Å²) in [6.07, 6.45) is 0.659. The van der Waals surface area contributed by atoms with Crippen LogP contribution < -0.4 is 20.5 Å². The number of esters is 1. The Kier molecular flexibility index (Phi) is 6.11. The zero-order chi connectivity index (χ0) is 24.6. The third kappa shape index (κ3) is 4.63. The molecule has 11 nitrogen and oxygen atoms in total. The molecule has 3 N–H and O–H groups in total. The number of hydrazine groups is 1. The molecular formula is C22H22N4O7S. The van der Waals surface area contributed by atoms with Gasteiger partial charge in [-0.2, -0.15) is 0 Å². The predicted molar refractivity (Wildman–Crippen MR) is 120 cm³/mol. The standard InChI is InChI=1S/C22H22N4O7S/c1-13-10-15-11-17(34(23,31)32)6-7-18(15)25(13)21(29)12-33-22(30)14-2-4-16(5-3-14)26-20(28)9-8-19(27)24-26/h2-7,11,13H,8-10,12H2,1H3,(H,24,27)(H2,23,31,32). The predicted octanol–water partition coefficient (Wildman–Crippen LogP) is 0.627. The van der Waals surface area contributed by atoms with Crippen LogP contribution in [0.3, 0.4) is 0 Å². The molecule has 0 radical (unpaired) electrons. The Bertz CT molecular complexity index is 1290. The minimum atomic E-state index is -3.86. The third-order valence-electron chi connectivity index (χ3n) is 5.60. The summed E-state index contributed by atoms with van der Waals surface area (Å²) in [6, 6.07) is 9.86. The van der Waals surface area contributed by atoms with Crippen molar-refractivity contribution in [2.45, 2.75) is 37.1 Å². The number of rotatable bonds is 5. The minimum Gasteiger partial charge on any atom is -0.452 e. The van der Waals surface area contributed by atoms with Gasteiger partial charge in [-0.1, -0.05) is 0 Å². The van der Waals surface area contributed by atoms with Crippen molar-refractivity contribution in [2.75, 3.05) is 16.5 Å². The van der Waals surface area contributed by atoms with Gasteiger partial charge in [0.25, 0.3) is 5.91 Å². The molecule has 178 valence electrons. The molecule has 0 spiro atoms. The first-order chi connectivity index (χ1) is 16.0. The average Bonchev–Trinajstić information content (AvgIpc) is 3.13. The van der Waals surface area contributed by atoms with Crippen molar-refractivity contribution in [1.82, 2.24) is 5.43 Å². The lowest BCUT2D eigenvalue weighted by Crippen LogP contribution is -2.50. The maximum absolute atomic E-state index is 12.8. The van der Waals surface area contributed by atoms with Crippen molar-refractivity contribution in [3.05, 3.63) is 53.6 Å². The van der Waals surface area contributed by atoms with Crippen LogP contribution in [-0.4, -0.2) is 44.8 Å². The second kappa shape index (κ2) is 8.88. The third-order valence-corrected chi connectivity index (χ3v) is 6.51. The largest absolute Gasteiger partial charge is 0.452 e. The fourth-order valence-corrected chi connectivity index (χ4v) is 4.54. The van der Waals surface area contributed by atoms with E-state index in [9.17, 15) is 27.6 Å². The molecule has 0 saturated carbocycles. The van der Waals surface area contributed by atoms with Crippen molar-refractivity contribution in [2.24, 2.45) is 5.14 Å². The van der Waals surface area contributed by atoms with E-state index in [1.165, 1.54) is 47.4 Å². The normalized spacial score (nSPS) is 17.9. The molecule has 2 aromatic rings. The zero-order valence-corrected chi connectivity index (χ0v) is 19.0. The number of carbonyl (C=O) groups excluding carboxylic acids is 4. The van der Waals surface area contributed by atoms with Crippen LogP contribution in [0, 0.1) is 0 Å². The number of sulfonamides is 1. The highest BCUT2D eigenvalue weighted by atomic mass is 32.2. The van der Waals surface area contributed by atoms with E-state index in [4.69, 9.17) is 9.88 Å². The van der Waals surface area contributed by atoms with Gasteiger partial charge in [-0.05, 0) is 61.4 Å². The van der Waals surface area contributed by atoms with Crippen molar-refractivity contribution < 1.29 is 32.3 Å². The van der Waals surface area contributed by atoms with Crippen LogP contribution in [0.1, 0.15) is 35.7 Å². The fraction of sp³-hybridized carbons (Fsp3) is 0.273. The molecule has 0 aromatic heterocycles. The Balaban J connectivity index is 1.40. The van der Waals surface area contributed by atoms with Gasteiger partial charge in [-0.25, -0.2) is 23.4 Å². The van der Waals surface area contributed by atoms with Crippen LogP contribution in [0.5, 0.6) is 0 Å². The van der Waals surface area contributed by atoms with Gasteiger partial charge < -0.3 is 9.64 Å². The molecule has 0 aliphatic carbocycles. The number of carbonyl (C=O) groups is 4. The summed E-state index contributed by atoms with van der Waals surface area (Å²) in [7, 11) is -3.86. The van der Waals surface area contributed by atoms with Crippen LogP contribution in [0.4, 0.5) is 11.4 Å². The summed E-state index contributed by atoms with van der Waals surface area (Å²) < 4.78 is 28.3. The second-order valence-corrected chi connectivity index (χ2v) is 9.60. The van der Waals surface area contributed by atoms with Gasteiger partial charge in [0.15, 0.2) is 6.61 Å². The molecule has 4 rings (SSSR count). The lowest BCUT2D eigenvalue weighted by Gasteiger charge is -2.27. The number of nitrogens with two attached hydrogens (primary N) is 1. The fourth-order valence-electron chi connectivity index (χ4n) is 3.98. The van der Waals surface area contributed by atoms with Gasteiger partial charge in [0.2, 0.25) is 21.8 Å². The molecular weight excluding hydrogens is 464 g/mol. The molecule has 12 heteroatoms. The van der Waals surface area contributed by atoms with Crippen LogP contribution in [0.2, 0.25) is 0 Å². The van der Waals surface area contributed by atoms with E-state index in [0.29, 0.717) is 23.4 Å². The first kappa shape index (κ1) is 23.4.